The van der Waals surface area contributed by atoms with Crippen LogP contribution >= 0.6 is 0 Å². The molecule has 1 saturated heterocycles. The second-order valence-electron chi connectivity index (χ2n) is 5.08. The number of hydrogen-bond donors (Lipinski definition) is 2. The summed E-state index contributed by atoms with van der Waals surface area (Å²) in [6.45, 7) is 0.689. The lowest BCUT2D eigenvalue weighted by Gasteiger charge is -2.23. The molecule has 5 nitrogen and oxygen atoms in total. The van der Waals surface area contributed by atoms with Crippen molar-refractivity contribution in [2.45, 2.75) is 18.9 Å². The average molecular weight is 271 g/mol. The zero-order valence-electron chi connectivity index (χ0n) is 11.1. The number of anilines is 1. The highest BCUT2D eigenvalue weighted by atomic mass is 16.3. The van der Waals surface area contributed by atoms with Crippen LogP contribution in [-0.2, 0) is 0 Å². The minimum Gasteiger partial charge on any atom is -0.394 e. The van der Waals surface area contributed by atoms with Crippen LogP contribution in [-0.4, -0.2) is 40.1 Å². The topological polar surface area (TPSA) is 79.5 Å². The van der Waals surface area contributed by atoms with Gasteiger partial charge in [-0.05, 0) is 18.2 Å². The van der Waals surface area contributed by atoms with E-state index in [-0.39, 0.29) is 18.6 Å². The van der Waals surface area contributed by atoms with Gasteiger partial charge in [0.15, 0.2) is 0 Å². The highest BCUT2D eigenvalue weighted by molar-refractivity contribution is 6.09. The van der Waals surface area contributed by atoms with Crippen LogP contribution in [0, 0.1) is 0 Å². The van der Waals surface area contributed by atoms with E-state index in [1.54, 1.807) is 4.90 Å². The van der Waals surface area contributed by atoms with E-state index >= 15 is 0 Å². The number of fused-ring (bicyclic) bond motifs is 1. The highest BCUT2D eigenvalue weighted by Gasteiger charge is 2.29. The second kappa shape index (κ2) is 5.09. The molecular weight excluding hydrogens is 254 g/mol. The van der Waals surface area contributed by atoms with Gasteiger partial charge in [0, 0.05) is 18.1 Å². The van der Waals surface area contributed by atoms with Gasteiger partial charge in [-0.2, -0.15) is 0 Å². The Balaban J connectivity index is 2.06. The molecule has 1 atom stereocenters. The van der Waals surface area contributed by atoms with Gasteiger partial charge in [0.05, 0.1) is 18.2 Å². The summed E-state index contributed by atoms with van der Waals surface area (Å²) in [7, 11) is 0. The van der Waals surface area contributed by atoms with Crippen molar-refractivity contribution in [1.29, 1.82) is 0 Å². The van der Waals surface area contributed by atoms with Crippen LogP contribution in [0.1, 0.15) is 23.2 Å². The van der Waals surface area contributed by atoms with Crippen molar-refractivity contribution in [3.63, 3.8) is 0 Å². The van der Waals surface area contributed by atoms with Gasteiger partial charge in [-0.3, -0.25) is 4.79 Å². The number of aromatic nitrogens is 1. The zero-order chi connectivity index (χ0) is 14.1. The molecule has 0 bridgehead atoms. The lowest BCUT2D eigenvalue weighted by atomic mass is 10.1. The van der Waals surface area contributed by atoms with E-state index in [1.165, 1.54) is 6.20 Å². The number of aliphatic hydroxyl groups is 1. The number of aliphatic hydroxyl groups excluding tert-OH is 1. The monoisotopic (exact) mass is 271 g/mol. The molecule has 1 aliphatic heterocycles. The fourth-order valence-corrected chi connectivity index (χ4v) is 2.83. The summed E-state index contributed by atoms with van der Waals surface area (Å²) in [6, 6.07) is 7.42. The van der Waals surface area contributed by atoms with Crippen LogP contribution in [0.15, 0.2) is 30.5 Å². The van der Waals surface area contributed by atoms with Gasteiger partial charge < -0.3 is 15.7 Å². The fraction of sp³-hybridized carbons (Fsp3) is 0.333. The molecule has 0 aliphatic carbocycles. The molecule has 3 N–H and O–H groups in total. The van der Waals surface area contributed by atoms with Crippen molar-refractivity contribution in [3.05, 3.63) is 36.0 Å². The summed E-state index contributed by atoms with van der Waals surface area (Å²) in [5, 5.41) is 11.0. The van der Waals surface area contributed by atoms with E-state index in [9.17, 15) is 9.90 Å². The molecule has 1 unspecified atom stereocenters. The third-order valence-corrected chi connectivity index (χ3v) is 3.91. The number of nitrogen functional groups attached to an aromatic ring is 1. The first-order chi connectivity index (χ1) is 9.72. The summed E-state index contributed by atoms with van der Waals surface area (Å²) in [4.78, 5) is 18.5. The predicted molar refractivity (Wildman–Crippen MR) is 77.3 cm³/mol. The normalized spacial score (nSPS) is 18.6. The number of pyridine rings is 1. The Kier molecular flexibility index (Phi) is 3.28. The molecule has 0 saturated carbocycles. The van der Waals surface area contributed by atoms with Crippen molar-refractivity contribution in [2.24, 2.45) is 0 Å². The first kappa shape index (κ1) is 12.9. The molecule has 1 amide bonds. The van der Waals surface area contributed by atoms with Gasteiger partial charge >= 0.3 is 0 Å². The molecule has 2 heterocycles. The van der Waals surface area contributed by atoms with Crippen LogP contribution in [0.25, 0.3) is 10.8 Å². The van der Waals surface area contributed by atoms with Gasteiger partial charge in [0.1, 0.15) is 5.82 Å². The smallest absolute Gasteiger partial charge is 0.256 e. The van der Waals surface area contributed by atoms with E-state index in [2.05, 4.69) is 4.98 Å². The summed E-state index contributed by atoms with van der Waals surface area (Å²) in [5.74, 6) is 0.350. The average Bonchev–Trinajstić information content (AvgIpc) is 2.96. The molecule has 1 aromatic heterocycles. The summed E-state index contributed by atoms with van der Waals surface area (Å²) in [6.07, 6.45) is 3.31. The second-order valence-corrected chi connectivity index (χ2v) is 5.08. The van der Waals surface area contributed by atoms with E-state index in [1.807, 2.05) is 24.3 Å². The maximum atomic E-state index is 12.7. The Hall–Kier alpha value is -2.14. The van der Waals surface area contributed by atoms with Crippen LogP contribution in [0.2, 0.25) is 0 Å². The van der Waals surface area contributed by atoms with Crippen molar-refractivity contribution < 1.29 is 9.90 Å². The number of hydrogen-bond acceptors (Lipinski definition) is 4. The third-order valence-electron chi connectivity index (χ3n) is 3.91. The molecule has 5 heteroatoms. The molecule has 3 rings (SSSR count). The number of rotatable bonds is 2. The number of nitrogens with zero attached hydrogens (tertiary/aromatic N) is 2. The SMILES string of the molecule is Nc1ncc(C(=O)N2CCCC2CO)c2ccccc12. The Morgan fingerprint density at radius 1 is 1.40 bits per heavy atom. The minimum absolute atomic E-state index is 0.00603. The van der Waals surface area contributed by atoms with Crippen LogP contribution in [0.4, 0.5) is 5.82 Å². The summed E-state index contributed by atoms with van der Waals surface area (Å²) < 4.78 is 0. The largest absolute Gasteiger partial charge is 0.394 e. The van der Waals surface area contributed by atoms with E-state index in [0.717, 1.165) is 23.6 Å². The quantitative estimate of drug-likeness (QED) is 0.865. The van der Waals surface area contributed by atoms with Crippen molar-refractivity contribution in [1.82, 2.24) is 9.88 Å². The molecular formula is C15H17N3O2. The molecule has 104 valence electrons. The highest BCUT2D eigenvalue weighted by Crippen LogP contribution is 2.26. The van der Waals surface area contributed by atoms with Gasteiger partial charge in [0.2, 0.25) is 0 Å². The Morgan fingerprint density at radius 3 is 2.90 bits per heavy atom. The number of amides is 1. The fourth-order valence-electron chi connectivity index (χ4n) is 2.83. The maximum Gasteiger partial charge on any atom is 0.256 e. The standard InChI is InChI=1S/C15H17N3O2/c16-14-12-6-2-1-5-11(12)13(8-17-14)15(20)18-7-3-4-10(18)9-19/h1-2,5-6,8,10,19H,3-4,7,9H2,(H2,16,17). The molecule has 1 fully saturated rings. The van der Waals surface area contributed by atoms with Gasteiger partial charge in [-0.25, -0.2) is 4.98 Å². The number of benzene rings is 1. The van der Waals surface area contributed by atoms with Gasteiger partial charge in [-0.1, -0.05) is 24.3 Å². The van der Waals surface area contributed by atoms with Crippen molar-refractivity contribution in [2.75, 3.05) is 18.9 Å². The first-order valence-corrected chi connectivity index (χ1v) is 6.77. The van der Waals surface area contributed by atoms with E-state index in [4.69, 9.17) is 5.73 Å². The van der Waals surface area contributed by atoms with Crippen molar-refractivity contribution >= 4 is 22.5 Å². The zero-order valence-corrected chi connectivity index (χ0v) is 11.1. The van der Waals surface area contributed by atoms with Crippen LogP contribution < -0.4 is 5.73 Å². The molecule has 0 radical (unpaired) electrons. The van der Waals surface area contributed by atoms with Crippen LogP contribution in [0.5, 0.6) is 0 Å². The Labute approximate surface area is 117 Å². The van der Waals surface area contributed by atoms with Crippen molar-refractivity contribution in [3.8, 4) is 0 Å². The third kappa shape index (κ3) is 2.00. The lowest BCUT2D eigenvalue weighted by Crippen LogP contribution is -2.37. The minimum atomic E-state index is -0.0844. The molecule has 2 aromatic rings. The number of carbonyl (C=O) groups is 1. The van der Waals surface area contributed by atoms with Gasteiger partial charge in [-0.15, -0.1) is 0 Å². The number of nitrogens with two attached hydrogens (primary N) is 1. The van der Waals surface area contributed by atoms with Gasteiger partial charge in [0.25, 0.3) is 5.91 Å². The number of likely N-dealkylation sites (tertiary alicyclic amines) is 1. The molecule has 0 spiro atoms. The Bertz CT molecular complexity index is 657. The van der Waals surface area contributed by atoms with E-state index < -0.39 is 0 Å². The lowest BCUT2D eigenvalue weighted by molar-refractivity contribution is 0.0679. The molecule has 1 aromatic carbocycles. The summed E-state index contributed by atoms with van der Waals surface area (Å²) in [5.41, 5.74) is 6.41. The first-order valence-electron chi connectivity index (χ1n) is 6.77. The summed E-state index contributed by atoms with van der Waals surface area (Å²) >= 11 is 0. The molecule has 20 heavy (non-hydrogen) atoms. The number of carbonyl (C=O) groups excluding carboxylic acids is 1. The predicted octanol–water partition coefficient (Wildman–Crippen LogP) is 1.41. The Morgan fingerprint density at radius 2 is 2.15 bits per heavy atom. The maximum absolute atomic E-state index is 12.7. The van der Waals surface area contributed by atoms with Crippen LogP contribution in [0.3, 0.4) is 0 Å². The van der Waals surface area contributed by atoms with E-state index in [0.29, 0.717) is 17.9 Å². The molecule has 1 aliphatic rings.